The fourth-order valence-electron chi connectivity index (χ4n) is 2.76. The number of aromatic nitrogens is 1. The molecule has 1 aliphatic heterocycles. The molecule has 1 unspecified atom stereocenters. The second-order valence-corrected chi connectivity index (χ2v) is 7.12. The Morgan fingerprint density at radius 2 is 1.96 bits per heavy atom. The van der Waals surface area contributed by atoms with Crippen molar-refractivity contribution in [1.29, 1.82) is 5.41 Å². The summed E-state index contributed by atoms with van der Waals surface area (Å²) in [6.45, 7) is 0. The van der Waals surface area contributed by atoms with E-state index in [1.54, 1.807) is 35.8 Å². The molecule has 0 radical (unpaired) electrons. The highest BCUT2D eigenvalue weighted by Gasteiger charge is 2.45. The predicted molar refractivity (Wildman–Crippen MR) is 103 cm³/mol. The molecule has 0 bridgehead atoms. The van der Waals surface area contributed by atoms with Gasteiger partial charge in [0.05, 0.1) is 6.42 Å². The molecule has 28 heavy (non-hydrogen) atoms. The van der Waals surface area contributed by atoms with Gasteiger partial charge in [-0.05, 0) is 24.3 Å². The van der Waals surface area contributed by atoms with Crippen molar-refractivity contribution in [3.05, 3.63) is 46.4 Å². The lowest BCUT2D eigenvalue weighted by atomic mass is 10.1. The van der Waals surface area contributed by atoms with Crippen molar-refractivity contribution >= 4 is 40.6 Å². The van der Waals surface area contributed by atoms with E-state index in [0.29, 0.717) is 22.7 Å². The van der Waals surface area contributed by atoms with Gasteiger partial charge in [0.2, 0.25) is 17.5 Å². The van der Waals surface area contributed by atoms with E-state index in [0.717, 1.165) is 0 Å². The number of carbonyl (C=O) groups excluding carboxylic acids is 3. The van der Waals surface area contributed by atoms with Crippen LogP contribution in [0.15, 0.2) is 35.8 Å². The van der Waals surface area contributed by atoms with E-state index < -0.39 is 17.6 Å². The highest BCUT2D eigenvalue weighted by atomic mass is 32.1. The maximum Gasteiger partial charge on any atom is 0.308 e. The molecule has 1 fully saturated rings. The van der Waals surface area contributed by atoms with Crippen LogP contribution < -0.4 is 16.4 Å². The highest BCUT2D eigenvalue weighted by molar-refractivity contribution is 7.09. The first kappa shape index (κ1) is 19.5. The molecule has 5 N–H and O–H groups in total. The Hall–Kier alpha value is -3.27. The number of ether oxygens (including phenoxy) is 1. The Morgan fingerprint density at radius 3 is 2.54 bits per heavy atom. The maximum absolute atomic E-state index is 12.3. The molecule has 2 aromatic rings. The largest absolute Gasteiger partial charge is 0.432 e. The number of esters is 1. The number of cyclic esters (lactones) is 1. The molecule has 10 heteroatoms. The summed E-state index contributed by atoms with van der Waals surface area (Å²) in [5, 5.41) is 15.0. The standard InChI is InChI=1S/C18H19N5O4S/c19-16(20)11-1-3-12(4-2-11)22-13(24)5-6-14(25)23-18(8-7-15(26)27-18)17-21-9-10-28-17/h1-4,9-10H,5-8H2,(H3,19,20)(H,22,24)(H,23,25). The van der Waals surface area contributed by atoms with Crippen LogP contribution in [0.5, 0.6) is 0 Å². The van der Waals surface area contributed by atoms with E-state index in [4.69, 9.17) is 15.9 Å². The minimum atomic E-state index is -1.25. The van der Waals surface area contributed by atoms with Gasteiger partial charge in [-0.2, -0.15) is 0 Å². The summed E-state index contributed by atoms with van der Waals surface area (Å²) in [5.74, 6) is -1.21. The molecule has 2 amide bonds. The number of hydrogen-bond acceptors (Lipinski definition) is 7. The van der Waals surface area contributed by atoms with Gasteiger partial charge in [-0.3, -0.25) is 19.8 Å². The minimum Gasteiger partial charge on any atom is -0.432 e. The van der Waals surface area contributed by atoms with E-state index in [9.17, 15) is 14.4 Å². The van der Waals surface area contributed by atoms with Crippen molar-refractivity contribution in [1.82, 2.24) is 10.3 Å². The number of nitrogen functional groups attached to an aromatic ring is 1. The van der Waals surface area contributed by atoms with Crippen LogP contribution in [-0.4, -0.2) is 28.6 Å². The zero-order valence-electron chi connectivity index (χ0n) is 14.9. The fraction of sp³-hybridized carbons (Fsp3) is 0.278. The van der Waals surface area contributed by atoms with Gasteiger partial charge in [0.25, 0.3) is 0 Å². The van der Waals surface area contributed by atoms with Gasteiger partial charge in [-0.25, -0.2) is 4.98 Å². The molecule has 146 valence electrons. The summed E-state index contributed by atoms with van der Waals surface area (Å²) < 4.78 is 5.35. The molecule has 1 aliphatic rings. The van der Waals surface area contributed by atoms with Gasteiger partial charge in [-0.1, -0.05) is 0 Å². The molecular weight excluding hydrogens is 382 g/mol. The molecule has 2 heterocycles. The van der Waals surface area contributed by atoms with Crippen LogP contribution in [-0.2, 0) is 24.8 Å². The fourth-order valence-corrected chi connectivity index (χ4v) is 3.52. The van der Waals surface area contributed by atoms with Crippen molar-refractivity contribution in [2.45, 2.75) is 31.4 Å². The summed E-state index contributed by atoms with van der Waals surface area (Å²) in [7, 11) is 0. The second-order valence-electron chi connectivity index (χ2n) is 6.23. The van der Waals surface area contributed by atoms with Crippen molar-refractivity contribution in [2.24, 2.45) is 5.73 Å². The van der Waals surface area contributed by atoms with Crippen LogP contribution in [0.25, 0.3) is 0 Å². The van der Waals surface area contributed by atoms with Gasteiger partial charge >= 0.3 is 5.97 Å². The molecule has 0 aliphatic carbocycles. The number of hydrogen-bond donors (Lipinski definition) is 4. The van der Waals surface area contributed by atoms with Crippen molar-refractivity contribution < 1.29 is 19.1 Å². The number of carbonyl (C=O) groups is 3. The molecule has 9 nitrogen and oxygen atoms in total. The Morgan fingerprint density at radius 1 is 1.25 bits per heavy atom. The van der Waals surface area contributed by atoms with Crippen molar-refractivity contribution in [3.8, 4) is 0 Å². The summed E-state index contributed by atoms with van der Waals surface area (Å²) in [6.07, 6.45) is 1.96. The first-order valence-corrected chi connectivity index (χ1v) is 9.43. The van der Waals surface area contributed by atoms with E-state index >= 15 is 0 Å². The Bertz CT molecular complexity index is 897. The van der Waals surface area contributed by atoms with Crippen LogP contribution in [0.1, 0.15) is 36.3 Å². The summed E-state index contributed by atoms with van der Waals surface area (Å²) in [4.78, 5) is 40.2. The quantitative estimate of drug-likeness (QED) is 0.314. The number of thiazole rings is 1. The molecular formula is C18H19N5O4S. The number of benzene rings is 1. The number of nitrogens with zero attached hydrogens (tertiary/aromatic N) is 1. The van der Waals surface area contributed by atoms with Gasteiger partial charge in [-0.15, -0.1) is 11.3 Å². The van der Waals surface area contributed by atoms with Crippen LogP contribution in [0.2, 0.25) is 0 Å². The van der Waals surface area contributed by atoms with Gasteiger partial charge in [0.1, 0.15) is 5.84 Å². The highest BCUT2D eigenvalue weighted by Crippen LogP contribution is 2.35. The molecule has 1 atom stereocenters. The normalized spacial score (nSPS) is 18.4. The molecule has 0 saturated carbocycles. The third-order valence-electron chi connectivity index (χ3n) is 4.15. The van der Waals surface area contributed by atoms with Crippen LogP contribution in [0.4, 0.5) is 5.69 Å². The molecule has 1 saturated heterocycles. The number of nitrogens with two attached hydrogens (primary N) is 1. The lowest BCUT2D eigenvalue weighted by Gasteiger charge is -2.26. The average molecular weight is 401 g/mol. The Balaban J connectivity index is 1.54. The lowest BCUT2D eigenvalue weighted by molar-refractivity contribution is -0.155. The first-order chi connectivity index (χ1) is 13.4. The number of nitrogens with one attached hydrogen (secondary N) is 3. The SMILES string of the molecule is N=C(N)c1ccc(NC(=O)CCC(=O)NC2(c3nccs3)CCC(=O)O2)cc1. The average Bonchev–Trinajstić information content (AvgIpc) is 3.31. The number of rotatable bonds is 7. The number of anilines is 1. The topological polar surface area (TPSA) is 147 Å². The summed E-state index contributed by atoms with van der Waals surface area (Å²) in [5.41, 5.74) is 5.23. The summed E-state index contributed by atoms with van der Waals surface area (Å²) in [6, 6.07) is 6.50. The van der Waals surface area contributed by atoms with Crippen LogP contribution in [0.3, 0.4) is 0 Å². The van der Waals surface area contributed by atoms with E-state index in [2.05, 4.69) is 15.6 Å². The Labute approximate surface area is 164 Å². The smallest absolute Gasteiger partial charge is 0.308 e. The van der Waals surface area contributed by atoms with E-state index in [-0.39, 0.29) is 31.0 Å². The molecule has 3 rings (SSSR count). The predicted octanol–water partition coefficient (Wildman–Crippen LogP) is 1.45. The van der Waals surface area contributed by atoms with Crippen LogP contribution in [0, 0.1) is 5.41 Å². The van der Waals surface area contributed by atoms with E-state index in [1.807, 2.05) is 0 Å². The summed E-state index contributed by atoms with van der Waals surface area (Å²) >= 11 is 1.29. The third kappa shape index (κ3) is 4.52. The zero-order chi connectivity index (χ0) is 20.1. The number of amidine groups is 1. The number of amides is 2. The molecule has 0 spiro atoms. The van der Waals surface area contributed by atoms with Crippen molar-refractivity contribution in [2.75, 3.05) is 5.32 Å². The van der Waals surface area contributed by atoms with Gasteiger partial charge < -0.3 is 21.1 Å². The monoisotopic (exact) mass is 401 g/mol. The zero-order valence-corrected chi connectivity index (χ0v) is 15.7. The second kappa shape index (κ2) is 8.17. The Kier molecular flexibility index (Phi) is 5.69. The molecule has 1 aromatic heterocycles. The van der Waals surface area contributed by atoms with Gasteiger partial charge in [0.15, 0.2) is 5.01 Å². The van der Waals surface area contributed by atoms with E-state index in [1.165, 1.54) is 11.3 Å². The van der Waals surface area contributed by atoms with Gasteiger partial charge in [0, 0.05) is 42.1 Å². The van der Waals surface area contributed by atoms with Crippen molar-refractivity contribution in [3.63, 3.8) is 0 Å². The lowest BCUT2D eigenvalue weighted by Crippen LogP contribution is -2.45. The minimum absolute atomic E-state index is 0.0395. The third-order valence-corrected chi connectivity index (χ3v) is 5.06. The maximum atomic E-state index is 12.3. The molecule has 1 aromatic carbocycles. The first-order valence-electron chi connectivity index (χ1n) is 8.55. The van der Waals surface area contributed by atoms with Crippen LogP contribution >= 0.6 is 11.3 Å².